The number of nitrogens with one attached hydrogen (secondary N) is 2. The van der Waals surface area contributed by atoms with Crippen LogP contribution in [0.3, 0.4) is 0 Å². The number of allylic oxidation sites excluding steroid dienone is 2. The molecule has 5 heteroatoms. The average molecular weight is 321 g/mol. The highest BCUT2D eigenvalue weighted by molar-refractivity contribution is 5.62. The number of nitrogens with zero attached hydrogens (tertiary/aromatic N) is 3. The fourth-order valence-electron chi connectivity index (χ4n) is 3.10. The number of hydrogen-bond donors (Lipinski definition) is 2. The molecular formula is C19H23N5. The SMILES string of the molecule is C=CC1=C(C=C)CC(Nc2nccc(-c3cn[nH]c3C(C)C)n2)C1. The first-order valence-electron chi connectivity index (χ1n) is 8.22. The Morgan fingerprint density at radius 2 is 1.96 bits per heavy atom. The van der Waals surface area contributed by atoms with Crippen molar-refractivity contribution >= 4 is 5.95 Å². The molecule has 0 bridgehead atoms. The van der Waals surface area contributed by atoms with Crippen LogP contribution in [0.2, 0.25) is 0 Å². The quantitative estimate of drug-likeness (QED) is 0.835. The number of aromatic amines is 1. The molecule has 3 rings (SSSR count). The van der Waals surface area contributed by atoms with Crippen molar-refractivity contribution < 1.29 is 0 Å². The van der Waals surface area contributed by atoms with E-state index in [1.54, 1.807) is 6.20 Å². The minimum atomic E-state index is 0.273. The van der Waals surface area contributed by atoms with Gasteiger partial charge in [-0.2, -0.15) is 5.10 Å². The summed E-state index contributed by atoms with van der Waals surface area (Å²) in [5.41, 5.74) is 5.48. The molecule has 2 heterocycles. The highest BCUT2D eigenvalue weighted by Gasteiger charge is 2.22. The number of rotatable bonds is 6. The molecule has 1 aliphatic carbocycles. The van der Waals surface area contributed by atoms with Gasteiger partial charge in [0.05, 0.1) is 11.9 Å². The molecule has 0 aliphatic heterocycles. The molecule has 1 aliphatic rings. The molecule has 0 aromatic carbocycles. The first-order valence-corrected chi connectivity index (χ1v) is 8.22. The maximum atomic E-state index is 4.67. The third-order valence-electron chi connectivity index (χ3n) is 4.35. The summed E-state index contributed by atoms with van der Waals surface area (Å²) in [6.45, 7) is 12.0. The smallest absolute Gasteiger partial charge is 0.223 e. The molecule has 0 fully saturated rings. The molecule has 0 atom stereocenters. The van der Waals surface area contributed by atoms with Crippen LogP contribution < -0.4 is 5.32 Å². The lowest BCUT2D eigenvalue weighted by molar-refractivity contribution is 0.759. The molecular weight excluding hydrogens is 298 g/mol. The standard InChI is InChI=1S/C19H23N5/c1-5-13-9-15(10-14(13)6-2)22-19-20-8-7-17(23-19)16-11-21-24-18(16)12(3)4/h5-8,11-12,15H,1-2,9-10H2,3-4H3,(H,21,24)(H,20,22,23). The molecule has 0 unspecified atom stereocenters. The van der Waals surface area contributed by atoms with Crippen molar-refractivity contribution in [3.8, 4) is 11.3 Å². The van der Waals surface area contributed by atoms with Crippen molar-refractivity contribution in [2.75, 3.05) is 5.32 Å². The first-order chi connectivity index (χ1) is 11.6. The lowest BCUT2D eigenvalue weighted by Crippen LogP contribution is -2.18. The van der Waals surface area contributed by atoms with Crippen molar-refractivity contribution in [2.24, 2.45) is 0 Å². The second kappa shape index (κ2) is 6.83. The van der Waals surface area contributed by atoms with Gasteiger partial charge < -0.3 is 5.32 Å². The fraction of sp³-hybridized carbons (Fsp3) is 0.316. The largest absolute Gasteiger partial charge is 0.351 e. The summed E-state index contributed by atoms with van der Waals surface area (Å²) in [5, 5.41) is 10.7. The van der Waals surface area contributed by atoms with Crippen LogP contribution in [-0.4, -0.2) is 26.2 Å². The van der Waals surface area contributed by atoms with Gasteiger partial charge in [0, 0.05) is 23.5 Å². The lowest BCUT2D eigenvalue weighted by Gasteiger charge is -2.13. The molecule has 0 radical (unpaired) electrons. The second-order valence-corrected chi connectivity index (χ2v) is 6.33. The number of H-pyrrole nitrogens is 1. The molecule has 0 spiro atoms. The van der Waals surface area contributed by atoms with Gasteiger partial charge in [0.25, 0.3) is 0 Å². The zero-order chi connectivity index (χ0) is 17.1. The Morgan fingerprint density at radius 3 is 2.58 bits per heavy atom. The van der Waals surface area contributed by atoms with E-state index in [4.69, 9.17) is 0 Å². The summed E-state index contributed by atoms with van der Waals surface area (Å²) in [6, 6.07) is 2.19. The van der Waals surface area contributed by atoms with Gasteiger partial charge in [0.15, 0.2) is 0 Å². The summed E-state index contributed by atoms with van der Waals surface area (Å²) < 4.78 is 0. The van der Waals surface area contributed by atoms with Crippen LogP contribution in [0, 0.1) is 0 Å². The van der Waals surface area contributed by atoms with Crippen molar-refractivity contribution in [1.29, 1.82) is 0 Å². The van der Waals surface area contributed by atoms with Crippen LogP contribution in [0.5, 0.6) is 0 Å². The minimum absolute atomic E-state index is 0.273. The Kier molecular flexibility index (Phi) is 4.60. The highest BCUT2D eigenvalue weighted by atomic mass is 15.1. The lowest BCUT2D eigenvalue weighted by atomic mass is 10.0. The van der Waals surface area contributed by atoms with Gasteiger partial charge in [-0.15, -0.1) is 0 Å². The van der Waals surface area contributed by atoms with Crippen LogP contribution in [0.1, 0.15) is 38.3 Å². The molecule has 5 nitrogen and oxygen atoms in total. The summed E-state index contributed by atoms with van der Waals surface area (Å²) in [4.78, 5) is 9.04. The van der Waals surface area contributed by atoms with Gasteiger partial charge in [-0.3, -0.25) is 5.10 Å². The number of anilines is 1. The van der Waals surface area contributed by atoms with E-state index in [0.717, 1.165) is 29.8 Å². The third-order valence-corrected chi connectivity index (χ3v) is 4.35. The molecule has 0 amide bonds. The van der Waals surface area contributed by atoms with E-state index < -0.39 is 0 Å². The molecule has 0 saturated heterocycles. The highest BCUT2D eigenvalue weighted by Crippen LogP contribution is 2.30. The maximum absolute atomic E-state index is 4.67. The van der Waals surface area contributed by atoms with E-state index in [0.29, 0.717) is 11.9 Å². The summed E-state index contributed by atoms with van der Waals surface area (Å²) in [6.07, 6.45) is 9.27. The Labute approximate surface area is 142 Å². The predicted octanol–water partition coefficient (Wildman–Crippen LogP) is 4.23. The van der Waals surface area contributed by atoms with Crippen molar-refractivity contribution in [1.82, 2.24) is 20.2 Å². The van der Waals surface area contributed by atoms with Crippen LogP contribution in [0.25, 0.3) is 11.3 Å². The van der Waals surface area contributed by atoms with E-state index in [2.05, 4.69) is 52.5 Å². The zero-order valence-electron chi connectivity index (χ0n) is 14.2. The van der Waals surface area contributed by atoms with Crippen LogP contribution >= 0.6 is 0 Å². The average Bonchev–Trinajstić information content (AvgIpc) is 3.21. The minimum Gasteiger partial charge on any atom is -0.351 e. The van der Waals surface area contributed by atoms with Gasteiger partial charge in [0.2, 0.25) is 5.95 Å². The van der Waals surface area contributed by atoms with E-state index in [1.807, 2.05) is 24.4 Å². The monoisotopic (exact) mass is 321 g/mol. The van der Waals surface area contributed by atoms with Crippen LogP contribution in [0.15, 0.2) is 54.9 Å². The van der Waals surface area contributed by atoms with Crippen LogP contribution in [0.4, 0.5) is 5.95 Å². The Bertz CT molecular complexity index is 765. The van der Waals surface area contributed by atoms with Gasteiger partial charge in [-0.25, -0.2) is 9.97 Å². The normalized spacial score (nSPS) is 15.1. The summed E-state index contributed by atoms with van der Waals surface area (Å²) in [5.74, 6) is 1.00. The molecule has 2 aromatic rings. The fourth-order valence-corrected chi connectivity index (χ4v) is 3.10. The maximum Gasteiger partial charge on any atom is 0.223 e. The third kappa shape index (κ3) is 3.15. The second-order valence-electron chi connectivity index (χ2n) is 6.33. The first kappa shape index (κ1) is 16.2. The topological polar surface area (TPSA) is 66.5 Å². The van der Waals surface area contributed by atoms with Crippen molar-refractivity contribution in [3.05, 3.63) is 60.6 Å². The summed E-state index contributed by atoms with van der Waals surface area (Å²) >= 11 is 0. The van der Waals surface area contributed by atoms with Crippen molar-refractivity contribution in [3.63, 3.8) is 0 Å². The molecule has 0 saturated carbocycles. The Hall–Kier alpha value is -2.69. The van der Waals surface area contributed by atoms with Gasteiger partial charge in [-0.05, 0) is 36.0 Å². The van der Waals surface area contributed by atoms with Gasteiger partial charge in [0.1, 0.15) is 0 Å². The molecule has 2 N–H and O–H groups in total. The van der Waals surface area contributed by atoms with Crippen molar-refractivity contribution in [2.45, 2.75) is 38.6 Å². The summed E-state index contributed by atoms with van der Waals surface area (Å²) in [7, 11) is 0. The van der Waals surface area contributed by atoms with E-state index in [9.17, 15) is 0 Å². The number of aromatic nitrogens is 4. The molecule has 24 heavy (non-hydrogen) atoms. The van der Waals surface area contributed by atoms with E-state index in [1.165, 1.54) is 11.1 Å². The molecule has 2 aromatic heterocycles. The molecule has 124 valence electrons. The van der Waals surface area contributed by atoms with E-state index >= 15 is 0 Å². The Morgan fingerprint density at radius 1 is 1.25 bits per heavy atom. The predicted molar refractivity (Wildman–Crippen MR) is 97.8 cm³/mol. The number of hydrogen-bond acceptors (Lipinski definition) is 4. The Balaban J connectivity index is 1.79. The van der Waals surface area contributed by atoms with E-state index in [-0.39, 0.29) is 6.04 Å². The van der Waals surface area contributed by atoms with Gasteiger partial charge >= 0.3 is 0 Å². The zero-order valence-corrected chi connectivity index (χ0v) is 14.2. The van der Waals surface area contributed by atoms with Crippen LogP contribution in [-0.2, 0) is 0 Å². The van der Waals surface area contributed by atoms with Gasteiger partial charge in [-0.1, -0.05) is 39.2 Å².